The van der Waals surface area contributed by atoms with Gasteiger partial charge in [0.2, 0.25) is 0 Å². The quantitative estimate of drug-likeness (QED) is 0.761. The van der Waals surface area contributed by atoms with Crippen molar-refractivity contribution >= 4 is 16.8 Å². The predicted molar refractivity (Wildman–Crippen MR) is 89.0 cm³/mol. The Hall–Kier alpha value is -2.95. The molecule has 0 aliphatic heterocycles. The lowest BCUT2D eigenvalue weighted by Gasteiger charge is -2.06. The number of benzene rings is 2. The van der Waals surface area contributed by atoms with Crippen LogP contribution < -0.4 is 14.8 Å². The molecular formula is C18H18N2O3. The zero-order chi connectivity index (χ0) is 16.2. The Labute approximate surface area is 134 Å². The highest BCUT2D eigenvalue weighted by Gasteiger charge is 2.10. The third-order valence-electron chi connectivity index (χ3n) is 3.66. The average Bonchev–Trinajstić information content (AvgIpc) is 3.03. The molecule has 0 aliphatic rings. The van der Waals surface area contributed by atoms with Crippen LogP contribution in [0.2, 0.25) is 0 Å². The molecule has 0 bridgehead atoms. The maximum Gasteiger partial charge on any atom is 0.267 e. The van der Waals surface area contributed by atoms with Crippen LogP contribution in [0.3, 0.4) is 0 Å². The zero-order valence-corrected chi connectivity index (χ0v) is 13.1. The Balaban J connectivity index is 1.72. The first-order chi connectivity index (χ1) is 11.2. The SMILES string of the molecule is COc1cccc(CNC(=O)c2cc3cc(OC)ccc3[nH]2)c1. The fourth-order valence-corrected chi connectivity index (χ4v) is 2.42. The number of carbonyl (C=O) groups is 1. The van der Waals surface area contributed by atoms with Crippen molar-refractivity contribution in [1.82, 2.24) is 10.3 Å². The third-order valence-corrected chi connectivity index (χ3v) is 3.66. The lowest BCUT2D eigenvalue weighted by molar-refractivity contribution is 0.0946. The van der Waals surface area contributed by atoms with Crippen LogP contribution in [0, 0.1) is 0 Å². The first kappa shape index (κ1) is 15.0. The number of carbonyl (C=O) groups excluding carboxylic acids is 1. The maximum atomic E-state index is 12.3. The van der Waals surface area contributed by atoms with Crippen molar-refractivity contribution in [2.75, 3.05) is 14.2 Å². The molecule has 118 valence electrons. The number of methoxy groups -OCH3 is 2. The fourth-order valence-electron chi connectivity index (χ4n) is 2.42. The molecule has 3 rings (SSSR count). The maximum absolute atomic E-state index is 12.3. The minimum Gasteiger partial charge on any atom is -0.497 e. The van der Waals surface area contributed by atoms with Gasteiger partial charge in [0.15, 0.2) is 0 Å². The van der Waals surface area contributed by atoms with Crippen LogP contribution in [0.25, 0.3) is 10.9 Å². The number of rotatable bonds is 5. The number of aromatic nitrogens is 1. The summed E-state index contributed by atoms with van der Waals surface area (Å²) in [4.78, 5) is 15.4. The number of fused-ring (bicyclic) bond motifs is 1. The first-order valence-corrected chi connectivity index (χ1v) is 7.27. The van der Waals surface area contributed by atoms with E-state index in [0.717, 1.165) is 28.0 Å². The van der Waals surface area contributed by atoms with Crippen molar-refractivity contribution in [3.8, 4) is 11.5 Å². The molecule has 5 heteroatoms. The molecule has 0 atom stereocenters. The molecule has 5 nitrogen and oxygen atoms in total. The summed E-state index contributed by atoms with van der Waals surface area (Å²) in [5.41, 5.74) is 2.41. The van der Waals surface area contributed by atoms with Gasteiger partial charge in [0, 0.05) is 17.4 Å². The van der Waals surface area contributed by atoms with Gasteiger partial charge in [-0.05, 0) is 42.0 Å². The van der Waals surface area contributed by atoms with Crippen molar-refractivity contribution in [3.63, 3.8) is 0 Å². The number of hydrogen-bond acceptors (Lipinski definition) is 3. The summed E-state index contributed by atoms with van der Waals surface area (Å²) in [6, 6.07) is 15.1. The third kappa shape index (κ3) is 3.29. The lowest BCUT2D eigenvalue weighted by atomic mass is 10.2. The fraction of sp³-hybridized carbons (Fsp3) is 0.167. The van der Waals surface area contributed by atoms with E-state index in [-0.39, 0.29) is 5.91 Å². The molecule has 2 aromatic carbocycles. The molecule has 0 saturated heterocycles. The molecule has 0 aliphatic carbocycles. The van der Waals surface area contributed by atoms with Gasteiger partial charge in [-0.2, -0.15) is 0 Å². The summed E-state index contributed by atoms with van der Waals surface area (Å²) in [5, 5.41) is 3.84. The van der Waals surface area contributed by atoms with E-state index in [1.807, 2.05) is 48.5 Å². The number of hydrogen-bond donors (Lipinski definition) is 2. The van der Waals surface area contributed by atoms with Crippen LogP contribution >= 0.6 is 0 Å². The molecule has 23 heavy (non-hydrogen) atoms. The van der Waals surface area contributed by atoms with Gasteiger partial charge < -0.3 is 19.8 Å². The Morgan fingerprint density at radius 3 is 2.61 bits per heavy atom. The van der Waals surface area contributed by atoms with E-state index < -0.39 is 0 Å². The number of H-pyrrole nitrogens is 1. The van der Waals surface area contributed by atoms with Gasteiger partial charge >= 0.3 is 0 Å². The second-order valence-corrected chi connectivity index (χ2v) is 5.17. The number of aromatic amines is 1. The largest absolute Gasteiger partial charge is 0.497 e. The second-order valence-electron chi connectivity index (χ2n) is 5.17. The molecule has 0 spiro atoms. The van der Waals surface area contributed by atoms with Crippen molar-refractivity contribution < 1.29 is 14.3 Å². The van der Waals surface area contributed by atoms with E-state index in [1.54, 1.807) is 14.2 Å². The van der Waals surface area contributed by atoms with E-state index in [0.29, 0.717) is 12.2 Å². The summed E-state index contributed by atoms with van der Waals surface area (Å²) in [5.74, 6) is 1.39. The van der Waals surface area contributed by atoms with Gasteiger partial charge in [-0.15, -0.1) is 0 Å². The minimum atomic E-state index is -0.150. The molecule has 3 aromatic rings. The van der Waals surface area contributed by atoms with Crippen molar-refractivity contribution in [2.45, 2.75) is 6.54 Å². The molecule has 0 radical (unpaired) electrons. The van der Waals surface area contributed by atoms with Crippen molar-refractivity contribution in [3.05, 3.63) is 59.8 Å². The summed E-state index contributed by atoms with van der Waals surface area (Å²) < 4.78 is 10.4. The molecular weight excluding hydrogens is 292 g/mol. The lowest BCUT2D eigenvalue weighted by Crippen LogP contribution is -2.23. The number of ether oxygens (including phenoxy) is 2. The number of nitrogens with one attached hydrogen (secondary N) is 2. The second kappa shape index (κ2) is 6.44. The highest BCUT2D eigenvalue weighted by Crippen LogP contribution is 2.21. The highest BCUT2D eigenvalue weighted by molar-refractivity contribution is 5.98. The summed E-state index contributed by atoms with van der Waals surface area (Å²) in [6.45, 7) is 0.439. The molecule has 0 saturated carbocycles. The van der Waals surface area contributed by atoms with Gasteiger partial charge in [-0.3, -0.25) is 4.79 Å². The smallest absolute Gasteiger partial charge is 0.267 e. The monoisotopic (exact) mass is 310 g/mol. The van der Waals surface area contributed by atoms with E-state index in [1.165, 1.54) is 0 Å². The minimum absolute atomic E-state index is 0.150. The molecule has 2 N–H and O–H groups in total. The van der Waals surface area contributed by atoms with Gasteiger partial charge in [0.1, 0.15) is 17.2 Å². The highest BCUT2D eigenvalue weighted by atomic mass is 16.5. The Morgan fingerprint density at radius 2 is 1.83 bits per heavy atom. The Kier molecular flexibility index (Phi) is 4.19. The molecule has 0 unspecified atom stereocenters. The summed E-state index contributed by atoms with van der Waals surface area (Å²) in [6.07, 6.45) is 0. The van der Waals surface area contributed by atoms with E-state index in [9.17, 15) is 4.79 Å². The molecule has 0 fully saturated rings. The zero-order valence-electron chi connectivity index (χ0n) is 13.1. The predicted octanol–water partition coefficient (Wildman–Crippen LogP) is 3.12. The first-order valence-electron chi connectivity index (χ1n) is 7.27. The Morgan fingerprint density at radius 1 is 1.04 bits per heavy atom. The Bertz CT molecular complexity index is 839. The van der Waals surface area contributed by atoms with Crippen LogP contribution in [-0.4, -0.2) is 25.1 Å². The van der Waals surface area contributed by atoms with Crippen LogP contribution in [0.15, 0.2) is 48.5 Å². The van der Waals surface area contributed by atoms with Crippen LogP contribution in [-0.2, 0) is 6.54 Å². The average molecular weight is 310 g/mol. The van der Waals surface area contributed by atoms with E-state index in [2.05, 4.69) is 10.3 Å². The molecule has 1 heterocycles. The standard InChI is InChI=1S/C18H18N2O3/c1-22-14-5-3-4-12(8-14)11-19-18(21)17-10-13-9-15(23-2)6-7-16(13)20-17/h3-10,20H,11H2,1-2H3,(H,19,21). The normalized spacial score (nSPS) is 10.5. The molecule has 1 aromatic heterocycles. The summed E-state index contributed by atoms with van der Waals surface area (Å²) >= 11 is 0. The van der Waals surface area contributed by atoms with Gasteiger partial charge in [0.05, 0.1) is 14.2 Å². The van der Waals surface area contributed by atoms with E-state index in [4.69, 9.17) is 9.47 Å². The van der Waals surface area contributed by atoms with Crippen LogP contribution in [0.4, 0.5) is 0 Å². The van der Waals surface area contributed by atoms with Gasteiger partial charge in [-0.1, -0.05) is 12.1 Å². The number of amides is 1. The topological polar surface area (TPSA) is 63.4 Å². The van der Waals surface area contributed by atoms with Crippen LogP contribution in [0.1, 0.15) is 16.1 Å². The van der Waals surface area contributed by atoms with Crippen LogP contribution in [0.5, 0.6) is 11.5 Å². The van der Waals surface area contributed by atoms with Crippen molar-refractivity contribution in [1.29, 1.82) is 0 Å². The summed E-state index contributed by atoms with van der Waals surface area (Å²) in [7, 11) is 3.24. The van der Waals surface area contributed by atoms with Crippen molar-refractivity contribution in [2.24, 2.45) is 0 Å². The van der Waals surface area contributed by atoms with Gasteiger partial charge in [-0.25, -0.2) is 0 Å². The molecule has 1 amide bonds. The van der Waals surface area contributed by atoms with Gasteiger partial charge in [0.25, 0.3) is 5.91 Å². The van der Waals surface area contributed by atoms with E-state index >= 15 is 0 Å².